The standard InChI is InChI=1S/C13H5Br2ClF2O/c14-6-1-4-10(17)8(5-6)13(19)7-2-3-9(15)11(16)12(7)18/h1-5H. The van der Waals surface area contributed by atoms with E-state index in [1.54, 1.807) is 0 Å². The monoisotopic (exact) mass is 408 g/mol. The van der Waals surface area contributed by atoms with E-state index >= 15 is 0 Å². The third kappa shape index (κ3) is 2.88. The van der Waals surface area contributed by atoms with Gasteiger partial charge in [-0.15, -0.1) is 0 Å². The number of carbonyl (C=O) groups excluding carboxylic acids is 1. The molecule has 2 rings (SSSR count). The summed E-state index contributed by atoms with van der Waals surface area (Å²) in [5, 5.41) is -0.207. The highest BCUT2D eigenvalue weighted by Crippen LogP contribution is 2.29. The summed E-state index contributed by atoms with van der Waals surface area (Å²) in [5.41, 5.74) is -0.489. The Labute approximate surface area is 129 Å². The Morgan fingerprint density at radius 2 is 1.74 bits per heavy atom. The van der Waals surface area contributed by atoms with E-state index < -0.39 is 17.4 Å². The second-order valence-electron chi connectivity index (χ2n) is 3.68. The van der Waals surface area contributed by atoms with Crippen LogP contribution in [0.25, 0.3) is 0 Å². The van der Waals surface area contributed by atoms with E-state index in [0.29, 0.717) is 8.95 Å². The van der Waals surface area contributed by atoms with Crippen molar-refractivity contribution >= 4 is 49.2 Å². The number of carbonyl (C=O) groups is 1. The zero-order chi connectivity index (χ0) is 14.2. The second kappa shape index (κ2) is 5.69. The van der Waals surface area contributed by atoms with Gasteiger partial charge in [-0.1, -0.05) is 27.5 Å². The summed E-state index contributed by atoms with van der Waals surface area (Å²) in [6, 6.07) is 6.59. The Morgan fingerprint density at radius 1 is 1.05 bits per heavy atom. The van der Waals surface area contributed by atoms with E-state index in [1.165, 1.54) is 24.3 Å². The number of hydrogen-bond donors (Lipinski definition) is 0. The fourth-order valence-electron chi connectivity index (χ4n) is 1.52. The molecule has 0 unspecified atom stereocenters. The molecule has 0 saturated heterocycles. The SMILES string of the molecule is O=C(c1cc(Br)ccc1F)c1ccc(Br)c(Cl)c1F. The molecule has 0 bridgehead atoms. The minimum Gasteiger partial charge on any atom is -0.288 e. The van der Waals surface area contributed by atoms with Gasteiger partial charge in [0.2, 0.25) is 0 Å². The molecular weight excluding hydrogens is 405 g/mol. The molecule has 0 spiro atoms. The highest BCUT2D eigenvalue weighted by atomic mass is 79.9. The van der Waals surface area contributed by atoms with Gasteiger partial charge in [-0.05, 0) is 46.3 Å². The fraction of sp³-hybridized carbons (Fsp3) is 0. The van der Waals surface area contributed by atoms with Crippen molar-refractivity contribution in [1.82, 2.24) is 0 Å². The Morgan fingerprint density at radius 3 is 2.42 bits per heavy atom. The van der Waals surface area contributed by atoms with E-state index in [-0.39, 0.29) is 16.1 Å². The zero-order valence-corrected chi connectivity index (χ0v) is 13.1. The lowest BCUT2D eigenvalue weighted by atomic mass is 10.0. The molecule has 0 atom stereocenters. The first-order chi connectivity index (χ1) is 8.91. The lowest BCUT2D eigenvalue weighted by Crippen LogP contribution is -2.07. The molecule has 1 nitrogen and oxygen atoms in total. The van der Waals surface area contributed by atoms with Crippen molar-refractivity contribution < 1.29 is 13.6 Å². The molecule has 6 heteroatoms. The maximum Gasteiger partial charge on any atom is 0.199 e. The van der Waals surface area contributed by atoms with Crippen LogP contribution in [0.1, 0.15) is 15.9 Å². The van der Waals surface area contributed by atoms with Crippen LogP contribution >= 0.6 is 43.5 Å². The van der Waals surface area contributed by atoms with Gasteiger partial charge in [0, 0.05) is 8.95 Å². The quantitative estimate of drug-likeness (QED) is 0.480. The van der Waals surface area contributed by atoms with Gasteiger partial charge in [-0.25, -0.2) is 8.78 Å². The number of benzene rings is 2. The number of ketones is 1. The molecule has 0 amide bonds. The smallest absolute Gasteiger partial charge is 0.199 e. The van der Waals surface area contributed by atoms with Crippen LogP contribution in [-0.2, 0) is 0 Å². The maximum absolute atomic E-state index is 13.9. The normalized spacial score (nSPS) is 10.6. The molecule has 0 saturated carbocycles. The van der Waals surface area contributed by atoms with Gasteiger partial charge in [0.1, 0.15) is 5.82 Å². The van der Waals surface area contributed by atoms with Gasteiger partial charge in [-0.3, -0.25) is 4.79 Å². The average Bonchev–Trinajstić information content (AvgIpc) is 2.38. The van der Waals surface area contributed by atoms with Crippen LogP contribution in [0.4, 0.5) is 8.78 Å². The number of hydrogen-bond acceptors (Lipinski definition) is 1. The summed E-state index contributed by atoms with van der Waals surface area (Å²) in [4.78, 5) is 12.1. The number of halogens is 5. The zero-order valence-electron chi connectivity index (χ0n) is 9.18. The van der Waals surface area contributed by atoms with Crippen molar-refractivity contribution in [2.45, 2.75) is 0 Å². The van der Waals surface area contributed by atoms with Gasteiger partial charge in [0.25, 0.3) is 0 Å². The lowest BCUT2D eigenvalue weighted by molar-refractivity contribution is 0.103. The van der Waals surface area contributed by atoms with Gasteiger partial charge in [-0.2, -0.15) is 0 Å². The van der Waals surface area contributed by atoms with Crippen molar-refractivity contribution in [2.24, 2.45) is 0 Å². The molecule has 0 radical (unpaired) electrons. The Balaban J connectivity index is 2.56. The van der Waals surface area contributed by atoms with Crippen LogP contribution < -0.4 is 0 Å². The van der Waals surface area contributed by atoms with Crippen LogP contribution in [0.5, 0.6) is 0 Å². The van der Waals surface area contributed by atoms with Gasteiger partial charge >= 0.3 is 0 Å². The third-order valence-corrected chi connectivity index (χ3v) is 4.20. The van der Waals surface area contributed by atoms with E-state index in [9.17, 15) is 13.6 Å². The lowest BCUT2D eigenvalue weighted by Gasteiger charge is -2.07. The van der Waals surface area contributed by atoms with E-state index in [0.717, 1.165) is 6.07 Å². The Kier molecular flexibility index (Phi) is 4.38. The van der Waals surface area contributed by atoms with Crippen molar-refractivity contribution in [2.75, 3.05) is 0 Å². The predicted molar refractivity (Wildman–Crippen MR) is 76.6 cm³/mol. The van der Waals surface area contributed by atoms with Crippen molar-refractivity contribution in [1.29, 1.82) is 0 Å². The minimum absolute atomic E-state index is 0.207. The molecule has 2 aromatic carbocycles. The van der Waals surface area contributed by atoms with E-state index in [1.807, 2.05) is 0 Å². The molecule has 2 aromatic rings. The van der Waals surface area contributed by atoms with E-state index in [4.69, 9.17) is 11.6 Å². The largest absolute Gasteiger partial charge is 0.288 e. The van der Waals surface area contributed by atoms with Crippen LogP contribution in [-0.4, -0.2) is 5.78 Å². The number of rotatable bonds is 2. The second-order valence-corrected chi connectivity index (χ2v) is 5.82. The van der Waals surface area contributed by atoms with Crippen molar-refractivity contribution in [3.8, 4) is 0 Å². The van der Waals surface area contributed by atoms with Gasteiger partial charge in [0.05, 0.1) is 16.1 Å². The molecule has 98 valence electrons. The first kappa shape index (κ1) is 14.6. The molecule has 19 heavy (non-hydrogen) atoms. The van der Waals surface area contributed by atoms with Crippen LogP contribution in [0.3, 0.4) is 0 Å². The molecule has 0 aliphatic heterocycles. The van der Waals surface area contributed by atoms with Crippen LogP contribution in [0.15, 0.2) is 39.3 Å². The summed E-state index contributed by atoms with van der Waals surface area (Å²) >= 11 is 11.9. The summed E-state index contributed by atoms with van der Waals surface area (Å²) in [6.07, 6.45) is 0. The highest BCUT2D eigenvalue weighted by Gasteiger charge is 2.20. The van der Waals surface area contributed by atoms with Gasteiger partial charge in [0.15, 0.2) is 11.6 Å². The third-order valence-electron chi connectivity index (χ3n) is 2.45. The predicted octanol–water partition coefficient (Wildman–Crippen LogP) is 5.37. The van der Waals surface area contributed by atoms with Crippen LogP contribution in [0, 0.1) is 11.6 Å². The summed E-state index contributed by atoms with van der Waals surface area (Å²) in [5.74, 6) is -2.35. The van der Waals surface area contributed by atoms with Crippen molar-refractivity contribution in [3.05, 3.63) is 67.1 Å². The summed E-state index contributed by atoms with van der Waals surface area (Å²) in [6.45, 7) is 0. The van der Waals surface area contributed by atoms with Gasteiger partial charge < -0.3 is 0 Å². The first-order valence-corrected chi connectivity index (χ1v) is 7.01. The van der Waals surface area contributed by atoms with Crippen LogP contribution in [0.2, 0.25) is 5.02 Å². The average molecular weight is 410 g/mol. The molecule has 0 aliphatic carbocycles. The molecule has 0 fully saturated rings. The molecule has 0 N–H and O–H groups in total. The first-order valence-electron chi connectivity index (χ1n) is 5.05. The Hall–Kier alpha value is -0.780. The fourth-order valence-corrected chi connectivity index (χ4v) is 2.35. The maximum atomic E-state index is 13.9. The molecule has 0 heterocycles. The molecule has 0 aliphatic rings. The summed E-state index contributed by atoms with van der Waals surface area (Å²) < 4.78 is 28.4. The minimum atomic E-state index is -0.875. The highest BCUT2D eigenvalue weighted by molar-refractivity contribution is 9.10. The molecule has 0 aromatic heterocycles. The topological polar surface area (TPSA) is 17.1 Å². The molecular formula is C13H5Br2ClF2O. The van der Waals surface area contributed by atoms with E-state index in [2.05, 4.69) is 31.9 Å². The van der Waals surface area contributed by atoms with Crippen molar-refractivity contribution in [3.63, 3.8) is 0 Å². The summed E-state index contributed by atoms with van der Waals surface area (Å²) in [7, 11) is 0. The Bertz CT molecular complexity index is 674.